The van der Waals surface area contributed by atoms with Crippen LogP contribution in [0.2, 0.25) is 0 Å². The number of amides is 1. The van der Waals surface area contributed by atoms with Gasteiger partial charge in [0, 0.05) is 6.42 Å². The minimum absolute atomic E-state index is 0.0370. The Kier molecular flexibility index (Phi) is 42.8. The zero-order valence-electron chi connectivity index (χ0n) is 37.6. The number of hydrogen-bond donors (Lipinski definition) is 3. The summed E-state index contributed by atoms with van der Waals surface area (Å²) < 4.78 is 5.88. The first kappa shape index (κ1) is 55.0. The second-order valence-corrected chi connectivity index (χ2v) is 15.9. The number of carbonyl (C=O) groups excluding carboxylic acids is 2. The van der Waals surface area contributed by atoms with E-state index in [0.717, 1.165) is 103 Å². The number of aliphatic hydroxyl groups is 2. The molecule has 0 aliphatic carbocycles. The summed E-state index contributed by atoms with van der Waals surface area (Å²) in [6, 6.07) is -0.721. The normalized spacial score (nSPS) is 14.1. The van der Waals surface area contributed by atoms with Crippen molar-refractivity contribution in [3.05, 3.63) is 85.1 Å². The topological polar surface area (TPSA) is 95.9 Å². The molecule has 0 saturated carbocycles. The van der Waals surface area contributed by atoms with Gasteiger partial charge >= 0.3 is 5.97 Å². The number of rotatable bonds is 41. The first-order valence-corrected chi connectivity index (χ1v) is 23.9. The summed E-state index contributed by atoms with van der Waals surface area (Å²) in [5, 5.41) is 23.6. The highest BCUT2D eigenvalue weighted by Crippen LogP contribution is 2.16. The minimum Gasteiger partial charge on any atom is -0.462 e. The van der Waals surface area contributed by atoms with Crippen LogP contribution in [-0.4, -0.2) is 46.9 Å². The number of allylic oxidation sites excluding steroid dienone is 14. The van der Waals surface area contributed by atoms with Crippen LogP contribution in [0.4, 0.5) is 0 Å². The van der Waals surface area contributed by atoms with Crippen LogP contribution in [0.15, 0.2) is 85.1 Å². The lowest BCUT2D eigenvalue weighted by Gasteiger charge is -2.24. The van der Waals surface area contributed by atoms with Crippen molar-refractivity contribution in [1.82, 2.24) is 5.32 Å². The molecule has 3 N–H and O–H groups in total. The molecule has 3 unspecified atom stereocenters. The Morgan fingerprint density at radius 3 is 1.62 bits per heavy atom. The van der Waals surface area contributed by atoms with E-state index in [1.165, 1.54) is 57.8 Å². The third kappa shape index (κ3) is 39.8. The molecule has 0 saturated heterocycles. The van der Waals surface area contributed by atoms with Gasteiger partial charge in [-0.05, 0) is 83.5 Å². The lowest BCUT2D eigenvalue weighted by atomic mass is 10.0. The van der Waals surface area contributed by atoms with Crippen molar-refractivity contribution in [2.24, 2.45) is 0 Å². The smallest absolute Gasteiger partial charge is 0.306 e. The molecule has 0 radical (unpaired) electrons. The summed E-state index contributed by atoms with van der Waals surface area (Å²) in [5.41, 5.74) is 0. The molecular weight excluding hydrogens is 719 g/mol. The SMILES string of the molecule is CC/C=C/C/C=C/C/C=C/CCCCC(CC(=O)NC(CO)C(O)CCCCCCCCCCC)OC(=O)CCCCCCC/C=C/C=C/C=C/C=C/CCCCC. The molecule has 0 aliphatic heterocycles. The summed E-state index contributed by atoms with van der Waals surface area (Å²) in [5.74, 6) is -0.548. The molecule has 1 amide bonds. The van der Waals surface area contributed by atoms with Crippen LogP contribution < -0.4 is 5.32 Å². The minimum atomic E-state index is -0.804. The lowest BCUT2D eigenvalue weighted by molar-refractivity contribution is -0.151. The molecule has 6 heteroatoms. The number of unbranched alkanes of at least 4 members (excludes halogenated alkanes) is 18. The highest BCUT2D eigenvalue weighted by Gasteiger charge is 2.24. The van der Waals surface area contributed by atoms with Crippen molar-refractivity contribution < 1.29 is 24.5 Å². The van der Waals surface area contributed by atoms with Crippen LogP contribution in [0.5, 0.6) is 0 Å². The number of esters is 1. The van der Waals surface area contributed by atoms with Gasteiger partial charge in [0.05, 0.1) is 25.2 Å². The first-order chi connectivity index (χ1) is 28.5. The Morgan fingerprint density at radius 2 is 1.00 bits per heavy atom. The fourth-order valence-corrected chi connectivity index (χ4v) is 6.69. The standard InChI is InChI=1S/C52H89NO5/c1-4-7-10-13-16-19-21-23-24-25-26-27-28-30-33-36-39-42-45-52(57)58-48(43-40-37-34-32-29-22-20-17-14-11-8-5-2)46-51(56)53-49(47-54)50(55)44-41-38-35-31-18-15-12-9-6-3/h8,11,16-17,19-21,23-27,29,32,48-50,54-55H,4-7,9-10,12-15,18,22,28,30-31,33-47H2,1-3H3,(H,53,56)/b11-8+,19-16+,20-17+,23-21+,25-24+,27-26+,32-29+. The number of carbonyl (C=O) groups is 2. The molecule has 0 aliphatic rings. The maximum atomic E-state index is 13.1. The van der Waals surface area contributed by atoms with Gasteiger partial charge in [-0.1, -0.05) is 196 Å². The molecule has 0 aromatic carbocycles. The van der Waals surface area contributed by atoms with Crippen LogP contribution in [-0.2, 0) is 14.3 Å². The van der Waals surface area contributed by atoms with E-state index in [1.807, 2.05) is 0 Å². The van der Waals surface area contributed by atoms with Gasteiger partial charge in [0.15, 0.2) is 0 Å². The van der Waals surface area contributed by atoms with E-state index in [-0.39, 0.29) is 24.9 Å². The summed E-state index contributed by atoms with van der Waals surface area (Å²) >= 11 is 0. The molecule has 0 rings (SSSR count). The number of hydrogen-bond acceptors (Lipinski definition) is 5. The molecule has 0 spiro atoms. The molecule has 6 nitrogen and oxygen atoms in total. The summed E-state index contributed by atoms with van der Waals surface area (Å²) in [6.07, 6.45) is 57.8. The Labute approximate surface area is 357 Å². The van der Waals surface area contributed by atoms with Crippen molar-refractivity contribution in [2.45, 2.75) is 225 Å². The van der Waals surface area contributed by atoms with E-state index < -0.39 is 18.2 Å². The average Bonchev–Trinajstić information content (AvgIpc) is 3.22. The Hall–Kier alpha value is -2.96. The van der Waals surface area contributed by atoms with Crippen LogP contribution in [0.25, 0.3) is 0 Å². The third-order valence-corrected chi connectivity index (χ3v) is 10.3. The molecular formula is C52H89NO5. The van der Waals surface area contributed by atoms with Gasteiger partial charge in [0.25, 0.3) is 0 Å². The van der Waals surface area contributed by atoms with E-state index in [9.17, 15) is 19.8 Å². The number of aliphatic hydroxyl groups excluding tert-OH is 2. The number of nitrogens with one attached hydrogen (secondary N) is 1. The second kappa shape index (κ2) is 45.1. The zero-order chi connectivity index (χ0) is 42.4. The Morgan fingerprint density at radius 1 is 0.534 bits per heavy atom. The predicted octanol–water partition coefficient (Wildman–Crippen LogP) is 14.0. The largest absolute Gasteiger partial charge is 0.462 e. The van der Waals surface area contributed by atoms with Crippen molar-refractivity contribution >= 4 is 11.9 Å². The van der Waals surface area contributed by atoms with Crippen LogP contribution in [0.3, 0.4) is 0 Å². The van der Waals surface area contributed by atoms with Gasteiger partial charge in [0.1, 0.15) is 6.10 Å². The molecule has 3 atom stereocenters. The van der Waals surface area contributed by atoms with E-state index in [1.54, 1.807) is 0 Å². The molecule has 0 heterocycles. The van der Waals surface area contributed by atoms with Gasteiger partial charge in [-0.2, -0.15) is 0 Å². The highest BCUT2D eigenvalue weighted by molar-refractivity contribution is 5.77. The van der Waals surface area contributed by atoms with Gasteiger partial charge in [-0.3, -0.25) is 9.59 Å². The molecule has 0 aromatic rings. The predicted molar refractivity (Wildman–Crippen MR) is 250 cm³/mol. The van der Waals surface area contributed by atoms with Crippen molar-refractivity contribution in [2.75, 3.05) is 6.61 Å². The van der Waals surface area contributed by atoms with Crippen LogP contribution in [0.1, 0.15) is 207 Å². The molecule has 0 fully saturated rings. The first-order valence-electron chi connectivity index (χ1n) is 23.9. The fourth-order valence-electron chi connectivity index (χ4n) is 6.69. The van der Waals surface area contributed by atoms with E-state index >= 15 is 0 Å². The maximum Gasteiger partial charge on any atom is 0.306 e. The van der Waals surface area contributed by atoms with Crippen molar-refractivity contribution in [1.29, 1.82) is 0 Å². The monoisotopic (exact) mass is 808 g/mol. The summed E-state index contributed by atoms with van der Waals surface area (Å²) in [7, 11) is 0. The quantitative estimate of drug-likeness (QED) is 0.0247. The lowest BCUT2D eigenvalue weighted by Crippen LogP contribution is -2.46. The van der Waals surface area contributed by atoms with E-state index in [0.29, 0.717) is 19.3 Å². The number of ether oxygens (including phenoxy) is 1. The van der Waals surface area contributed by atoms with E-state index in [4.69, 9.17) is 4.74 Å². The van der Waals surface area contributed by atoms with Crippen molar-refractivity contribution in [3.63, 3.8) is 0 Å². The Bertz CT molecular complexity index is 1130. The van der Waals surface area contributed by atoms with Crippen molar-refractivity contribution in [3.8, 4) is 0 Å². The van der Waals surface area contributed by atoms with Gasteiger partial charge < -0.3 is 20.3 Å². The summed E-state index contributed by atoms with van der Waals surface area (Å²) in [6.45, 7) is 6.27. The molecule has 0 aromatic heterocycles. The van der Waals surface area contributed by atoms with Gasteiger partial charge in [0.2, 0.25) is 5.91 Å². The maximum absolute atomic E-state index is 13.1. The fraction of sp³-hybridized carbons (Fsp3) is 0.692. The van der Waals surface area contributed by atoms with Crippen LogP contribution >= 0.6 is 0 Å². The molecule has 58 heavy (non-hydrogen) atoms. The van der Waals surface area contributed by atoms with E-state index in [2.05, 4.69) is 111 Å². The van der Waals surface area contributed by atoms with Gasteiger partial charge in [-0.25, -0.2) is 0 Å². The average molecular weight is 808 g/mol. The zero-order valence-corrected chi connectivity index (χ0v) is 37.6. The molecule has 332 valence electrons. The third-order valence-electron chi connectivity index (χ3n) is 10.3. The Balaban J connectivity index is 4.68. The highest BCUT2D eigenvalue weighted by atomic mass is 16.5. The second-order valence-electron chi connectivity index (χ2n) is 15.9. The molecule has 0 bridgehead atoms. The van der Waals surface area contributed by atoms with Crippen LogP contribution in [0, 0.1) is 0 Å². The van der Waals surface area contributed by atoms with Gasteiger partial charge in [-0.15, -0.1) is 0 Å². The summed E-state index contributed by atoms with van der Waals surface area (Å²) in [4.78, 5) is 26.0.